The second kappa shape index (κ2) is 19.3. The van der Waals surface area contributed by atoms with Gasteiger partial charge in [-0.15, -0.1) is 11.3 Å². The van der Waals surface area contributed by atoms with E-state index in [1.807, 2.05) is 11.3 Å². The molecule has 1 aromatic heterocycles. The minimum absolute atomic E-state index is 0.0132. The third-order valence-electron chi connectivity index (χ3n) is 17.1. The number of fused-ring (bicyclic) bond motifs is 8. The first kappa shape index (κ1) is 52.3. The maximum atomic E-state index is 2.70. The molecule has 0 N–H and O–H groups in total. The van der Waals surface area contributed by atoms with Crippen LogP contribution in [0.5, 0.6) is 0 Å². The number of hydrogen-bond donors (Lipinski definition) is 0. The highest BCUT2D eigenvalue weighted by molar-refractivity contribution is 7.27. The number of nitrogens with zero attached hydrogens (tertiary/aromatic N) is 3. The molecule has 0 unspecified atom stereocenters. The van der Waals surface area contributed by atoms with Gasteiger partial charge in [-0.05, 0) is 168 Å². The third kappa shape index (κ3) is 9.15. The first-order valence-corrected chi connectivity index (χ1v) is 29.8. The van der Waals surface area contributed by atoms with E-state index in [9.17, 15) is 0 Å². The van der Waals surface area contributed by atoms with E-state index >= 15 is 0 Å². The Bertz CT molecular complexity index is 4130. The summed E-state index contributed by atoms with van der Waals surface area (Å²) >= 11 is 1.93. The minimum atomic E-state index is -0.193. The van der Waals surface area contributed by atoms with Crippen molar-refractivity contribution in [2.45, 2.75) is 105 Å². The second-order valence-corrected chi connectivity index (χ2v) is 27.7. The van der Waals surface area contributed by atoms with Gasteiger partial charge in [-0.3, -0.25) is 0 Å². The Hall–Kier alpha value is -8.12. The molecular formula is C76H72BN3S. The van der Waals surface area contributed by atoms with E-state index in [2.05, 4.69) is 316 Å². The van der Waals surface area contributed by atoms with E-state index in [1.165, 1.54) is 104 Å². The van der Waals surface area contributed by atoms with Crippen LogP contribution in [0.1, 0.15) is 105 Å². The molecule has 2 aliphatic rings. The van der Waals surface area contributed by atoms with Crippen LogP contribution in [-0.4, -0.2) is 6.85 Å². The molecule has 0 radical (unpaired) electrons. The Morgan fingerprint density at radius 1 is 0.346 bits per heavy atom. The topological polar surface area (TPSA) is 9.72 Å². The Balaban J connectivity index is 1.16. The zero-order valence-electron chi connectivity index (χ0n) is 49.1. The van der Waals surface area contributed by atoms with Crippen LogP contribution in [0.3, 0.4) is 0 Å². The standard InChI is InChI=1S/C76H72BN3S/c1-73(2,3)52-27-34-56(35-28-52)78(57-36-29-53(30-37-57)74(4,5)6)59-40-43-66-63(48-59)64-45-51(49-21-15-13-16-22-49)46-68-70(64)77(80(66)58-38-31-54(32-39-58)75(7,8)9)71-67(44-41-61-60-25-19-20-26-69(60)81-72(61)71)79(68)65-42-33-55(76(10,11)12)47-62(65)50-23-17-14-18-24-50/h13-48H,1-12H3. The van der Waals surface area contributed by atoms with Crippen molar-refractivity contribution >= 4 is 94.8 Å². The zero-order valence-corrected chi connectivity index (χ0v) is 49.9. The van der Waals surface area contributed by atoms with E-state index in [0.29, 0.717) is 0 Å². The molecule has 11 aromatic rings. The Morgan fingerprint density at radius 2 is 0.852 bits per heavy atom. The monoisotopic (exact) mass is 1070 g/mol. The fourth-order valence-corrected chi connectivity index (χ4v) is 13.8. The van der Waals surface area contributed by atoms with Crippen molar-refractivity contribution in [2.24, 2.45) is 0 Å². The Kier molecular flexibility index (Phi) is 12.4. The van der Waals surface area contributed by atoms with Gasteiger partial charge in [-0.25, -0.2) is 0 Å². The van der Waals surface area contributed by atoms with Gasteiger partial charge in [0.05, 0.1) is 5.69 Å². The SMILES string of the molecule is CC(C)(C)c1ccc(N2B3c4c(cc(-c5ccccc5)cc4N(c4ccc(C(C)(C)C)cc4-c4ccccc4)c4ccc5c(sc6ccccc65)c43)-c3cc(N(c4ccc(C(C)(C)C)cc4)c4ccc(C(C)(C)C)cc4)ccc32)cc1. The molecule has 0 bridgehead atoms. The van der Waals surface area contributed by atoms with Crippen molar-refractivity contribution in [1.82, 2.24) is 0 Å². The molecule has 0 saturated heterocycles. The summed E-state index contributed by atoms with van der Waals surface area (Å²) < 4.78 is 2.62. The highest BCUT2D eigenvalue weighted by Gasteiger charge is 2.47. The van der Waals surface area contributed by atoms with Crippen LogP contribution in [0.2, 0.25) is 0 Å². The summed E-state index contributed by atoms with van der Waals surface area (Å²) in [6.45, 7) is 27.5. The van der Waals surface area contributed by atoms with Crippen molar-refractivity contribution in [3.05, 3.63) is 241 Å². The molecule has 2 aliphatic heterocycles. The first-order valence-electron chi connectivity index (χ1n) is 28.9. The predicted octanol–water partition coefficient (Wildman–Crippen LogP) is 20.8. The fourth-order valence-electron chi connectivity index (χ4n) is 12.5. The lowest BCUT2D eigenvalue weighted by Gasteiger charge is -2.46. The summed E-state index contributed by atoms with van der Waals surface area (Å²) in [4.78, 5) is 7.80. The normalized spacial score (nSPS) is 13.4. The van der Waals surface area contributed by atoms with Crippen LogP contribution >= 0.6 is 11.3 Å². The predicted molar refractivity (Wildman–Crippen MR) is 353 cm³/mol. The summed E-state index contributed by atoms with van der Waals surface area (Å²) in [5, 5.41) is 2.59. The van der Waals surface area contributed by atoms with Gasteiger partial charge in [-0.1, -0.05) is 210 Å². The van der Waals surface area contributed by atoms with Crippen LogP contribution in [-0.2, 0) is 21.7 Å². The average molecular weight is 1070 g/mol. The van der Waals surface area contributed by atoms with Gasteiger partial charge < -0.3 is 14.6 Å². The third-order valence-corrected chi connectivity index (χ3v) is 18.3. The van der Waals surface area contributed by atoms with Crippen LogP contribution < -0.4 is 25.5 Å². The minimum Gasteiger partial charge on any atom is -0.376 e. The maximum Gasteiger partial charge on any atom is 0.334 e. The van der Waals surface area contributed by atoms with E-state index in [4.69, 9.17) is 0 Å². The number of benzene rings is 10. The summed E-state index contributed by atoms with van der Waals surface area (Å²) in [5.74, 6) is 0. The summed E-state index contributed by atoms with van der Waals surface area (Å²) in [5.41, 5.74) is 24.2. The second-order valence-electron chi connectivity index (χ2n) is 26.7. The largest absolute Gasteiger partial charge is 0.376 e. The molecule has 5 heteroatoms. The number of anilines is 8. The molecule has 0 atom stereocenters. The molecule has 81 heavy (non-hydrogen) atoms. The average Bonchev–Trinajstić information content (AvgIpc) is 3.17. The molecule has 0 aliphatic carbocycles. The van der Waals surface area contributed by atoms with E-state index in [-0.39, 0.29) is 28.5 Å². The summed E-state index contributed by atoms with van der Waals surface area (Å²) in [6.07, 6.45) is 0. The molecule has 3 nitrogen and oxygen atoms in total. The van der Waals surface area contributed by atoms with Gasteiger partial charge in [0, 0.05) is 71.1 Å². The van der Waals surface area contributed by atoms with E-state index in [1.54, 1.807) is 0 Å². The van der Waals surface area contributed by atoms with Gasteiger partial charge in [0.15, 0.2) is 0 Å². The van der Waals surface area contributed by atoms with Gasteiger partial charge in [-0.2, -0.15) is 0 Å². The fraction of sp³-hybridized carbons (Fsp3) is 0.211. The quantitative estimate of drug-likeness (QED) is 0.147. The van der Waals surface area contributed by atoms with Crippen LogP contribution in [0.4, 0.5) is 45.5 Å². The molecule has 0 fully saturated rings. The Labute approximate surface area is 485 Å². The van der Waals surface area contributed by atoms with Gasteiger partial charge in [0.25, 0.3) is 0 Å². The highest BCUT2D eigenvalue weighted by Crippen LogP contribution is 2.53. The van der Waals surface area contributed by atoms with Gasteiger partial charge >= 0.3 is 6.85 Å². The first-order chi connectivity index (χ1) is 38.7. The number of thiophene rings is 1. The zero-order chi connectivity index (χ0) is 56.3. The van der Waals surface area contributed by atoms with Crippen LogP contribution in [0.15, 0.2) is 218 Å². The lowest BCUT2D eigenvalue weighted by atomic mass is 9.43. The van der Waals surface area contributed by atoms with E-state index in [0.717, 1.165) is 28.4 Å². The molecule has 0 spiro atoms. The highest BCUT2D eigenvalue weighted by atomic mass is 32.1. The van der Waals surface area contributed by atoms with Crippen molar-refractivity contribution in [2.75, 3.05) is 14.6 Å². The molecule has 13 rings (SSSR count). The number of rotatable bonds is 7. The summed E-state index contributed by atoms with van der Waals surface area (Å²) in [6, 6.07) is 83.5. The molecule has 0 amide bonds. The lowest BCUT2D eigenvalue weighted by molar-refractivity contribution is 0.590. The summed E-state index contributed by atoms with van der Waals surface area (Å²) in [7, 11) is 0. The van der Waals surface area contributed by atoms with Gasteiger partial charge in [0.1, 0.15) is 0 Å². The molecule has 10 aromatic carbocycles. The van der Waals surface area contributed by atoms with Crippen molar-refractivity contribution in [1.29, 1.82) is 0 Å². The molecular weight excluding hydrogens is 998 g/mol. The van der Waals surface area contributed by atoms with Gasteiger partial charge in [0.2, 0.25) is 0 Å². The van der Waals surface area contributed by atoms with Crippen molar-refractivity contribution in [3.63, 3.8) is 0 Å². The molecule has 400 valence electrons. The van der Waals surface area contributed by atoms with Crippen molar-refractivity contribution < 1.29 is 0 Å². The Morgan fingerprint density at radius 3 is 1.44 bits per heavy atom. The van der Waals surface area contributed by atoms with Crippen LogP contribution in [0.25, 0.3) is 53.6 Å². The van der Waals surface area contributed by atoms with Crippen molar-refractivity contribution in [3.8, 4) is 33.4 Å². The van der Waals surface area contributed by atoms with Crippen LogP contribution in [0, 0.1) is 0 Å². The molecule has 0 saturated carbocycles. The molecule has 3 heterocycles. The lowest BCUT2D eigenvalue weighted by Crippen LogP contribution is -2.61. The van der Waals surface area contributed by atoms with E-state index < -0.39 is 0 Å². The number of hydrogen-bond acceptors (Lipinski definition) is 4. The smallest absolute Gasteiger partial charge is 0.334 e. The maximum absolute atomic E-state index is 2.70.